The summed E-state index contributed by atoms with van der Waals surface area (Å²) in [6, 6.07) is 12.3. The summed E-state index contributed by atoms with van der Waals surface area (Å²) in [4.78, 5) is 2.48. The molecule has 0 radical (unpaired) electrons. The van der Waals surface area contributed by atoms with E-state index in [1.54, 1.807) is 0 Å². The molecule has 3 fully saturated rings. The molecule has 3 aliphatic rings. The van der Waals surface area contributed by atoms with Crippen molar-refractivity contribution in [1.29, 1.82) is 0 Å². The Kier molecular flexibility index (Phi) is 3.54. The molecular weight excluding hydrogens is 274 g/mol. The smallest absolute Gasteiger partial charge is 0.233 e. The van der Waals surface area contributed by atoms with Crippen LogP contribution in [0.3, 0.4) is 0 Å². The molecule has 3 aliphatic heterocycles. The minimum atomic E-state index is 0.280. The average Bonchev–Trinajstić information content (AvgIpc) is 2.58. The summed E-state index contributed by atoms with van der Waals surface area (Å²) in [6.45, 7) is 5.57. The van der Waals surface area contributed by atoms with Crippen molar-refractivity contribution in [1.82, 2.24) is 15.1 Å². The number of hydrogen-bond donors (Lipinski definition) is 0. The number of benzene rings is 1. The molecule has 114 valence electrons. The summed E-state index contributed by atoms with van der Waals surface area (Å²) in [5.41, 5.74) is 3.23. The van der Waals surface area contributed by atoms with Gasteiger partial charge in [-0.3, -0.25) is 4.90 Å². The maximum Gasteiger partial charge on any atom is 0.233 e. The van der Waals surface area contributed by atoms with E-state index in [2.05, 4.69) is 46.3 Å². The SMILES string of the molecule is Cc1ccc(-c2ccc(OC3CN4CCC3CC4)nn2)cc1. The maximum atomic E-state index is 6.08. The van der Waals surface area contributed by atoms with Crippen LogP contribution in [0.5, 0.6) is 5.88 Å². The molecule has 5 rings (SSSR count). The van der Waals surface area contributed by atoms with Crippen molar-refractivity contribution in [3.05, 3.63) is 42.0 Å². The molecule has 4 heterocycles. The molecule has 22 heavy (non-hydrogen) atoms. The van der Waals surface area contributed by atoms with Crippen LogP contribution >= 0.6 is 0 Å². The first-order chi connectivity index (χ1) is 10.8. The number of fused-ring (bicyclic) bond motifs is 3. The van der Waals surface area contributed by atoms with E-state index in [4.69, 9.17) is 4.74 Å². The average molecular weight is 295 g/mol. The third-order valence-corrected chi connectivity index (χ3v) is 4.86. The van der Waals surface area contributed by atoms with Crippen molar-refractivity contribution < 1.29 is 4.74 Å². The van der Waals surface area contributed by atoms with Crippen molar-refractivity contribution in [2.24, 2.45) is 5.92 Å². The van der Waals surface area contributed by atoms with Crippen molar-refractivity contribution in [2.45, 2.75) is 25.9 Å². The van der Waals surface area contributed by atoms with Gasteiger partial charge in [0.05, 0.1) is 5.69 Å². The second-order valence-electron chi connectivity index (χ2n) is 6.42. The molecule has 1 atom stereocenters. The maximum absolute atomic E-state index is 6.08. The van der Waals surface area contributed by atoms with Crippen molar-refractivity contribution in [2.75, 3.05) is 19.6 Å². The van der Waals surface area contributed by atoms with Crippen LogP contribution < -0.4 is 4.74 Å². The zero-order valence-corrected chi connectivity index (χ0v) is 12.9. The zero-order valence-electron chi connectivity index (χ0n) is 12.9. The van der Waals surface area contributed by atoms with Crippen LogP contribution in [-0.4, -0.2) is 40.8 Å². The summed E-state index contributed by atoms with van der Waals surface area (Å²) >= 11 is 0. The van der Waals surface area contributed by atoms with Gasteiger partial charge >= 0.3 is 0 Å². The number of nitrogens with zero attached hydrogens (tertiary/aromatic N) is 3. The lowest BCUT2D eigenvalue weighted by molar-refractivity contribution is -0.0103. The van der Waals surface area contributed by atoms with Gasteiger partial charge in [-0.1, -0.05) is 29.8 Å². The molecule has 0 N–H and O–H groups in total. The van der Waals surface area contributed by atoms with Gasteiger partial charge in [-0.15, -0.1) is 10.2 Å². The summed E-state index contributed by atoms with van der Waals surface area (Å²) in [5, 5.41) is 8.58. The number of rotatable bonds is 3. The molecule has 2 aromatic rings. The fourth-order valence-corrected chi connectivity index (χ4v) is 3.46. The van der Waals surface area contributed by atoms with Gasteiger partial charge in [0.2, 0.25) is 5.88 Å². The first-order valence-electron chi connectivity index (χ1n) is 8.08. The molecule has 0 aliphatic carbocycles. The first kappa shape index (κ1) is 13.7. The standard InChI is InChI=1S/C18H21N3O/c1-13-2-4-14(5-3-13)16-6-7-18(20-19-16)22-17-12-21-10-8-15(17)9-11-21/h2-7,15,17H,8-12H2,1H3. The number of ether oxygens (including phenoxy) is 1. The van der Waals surface area contributed by atoms with Gasteiger partial charge in [0.25, 0.3) is 0 Å². The Morgan fingerprint density at radius 2 is 1.77 bits per heavy atom. The first-order valence-corrected chi connectivity index (χ1v) is 8.08. The number of aryl methyl sites for hydroxylation is 1. The summed E-state index contributed by atoms with van der Waals surface area (Å²) in [7, 11) is 0. The number of hydrogen-bond acceptors (Lipinski definition) is 4. The minimum absolute atomic E-state index is 0.280. The highest BCUT2D eigenvalue weighted by Crippen LogP contribution is 2.30. The summed E-state index contributed by atoms with van der Waals surface area (Å²) in [6.07, 6.45) is 2.78. The van der Waals surface area contributed by atoms with Gasteiger partial charge in [-0.05, 0) is 44.8 Å². The second kappa shape index (κ2) is 5.69. The van der Waals surface area contributed by atoms with Crippen LogP contribution in [0.2, 0.25) is 0 Å². The molecule has 1 aromatic heterocycles. The van der Waals surface area contributed by atoms with Crippen molar-refractivity contribution in [3.63, 3.8) is 0 Å². The molecule has 4 heteroatoms. The van der Waals surface area contributed by atoms with E-state index in [1.807, 2.05) is 12.1 Å². The van der Waals surface area contributed by atoms with Gasteiger partial charge in [0.1, 0.15) is 6.10 Å². The lowest BCUT2D eigenvalue weighted by Gasteiger charge is -2.44. The Labute approximate surface area is 131 Å². The largest absolute Gasteiger partial charge is 0.472 e. The van der Waals surface area contributed by atoms with Crippen LogP contribution in [0.25, 0.3) is 11.3 Å². The molecule has 0 spiro atoms. The van der Waals surface area contributed by atoms with E-state index >= 15 is 0 Å². The molecule has 4 nitrogen and oxygen atoms in total. The topological polar surface area (TPSA) is 38.2 Å². The second-order valence-corrected chi connectivity index (χ2v) is 6.42. The van der Waals surface area contributed by atoms with Crippen molar-refractivity contribution >= 4 is 0 Å². The van der Waals surface area contributed by atoms with E-state index in [-0.39, 0.29) is 6.10 Å². The van der Waals surface area contributed by atoms with Gasteiger partial charge in [0.15, 0.2) is 0 Å². The van der Waals surface area contributed by atoms with Crippen LogP contribution in [-0.2, 0) is 0 Å². The highest BCUT2D eigenvalue weighted by Gasteiger charge is 2.35. The molecule has 3 saturated heterocycles. The molecule has 1 unspecified atom stereocenters. The highest BCUT2D eigenvalue weighted by atomic mass is 16.5. The van der Waals surface area contributed by atoms with Crippen LogP contribution in [0.15, 0.2) is 36.4 Å². The molecular formula is C18H21N3O. The van der Waals surface area contributed by atoms with E-state index in [9.17, 15) is 0 Å². The van der Waals surface area contributed by atoms with E-state index in [0.29, 0.717) is 11.8 Å². The Hall–Kier alpha value is -1.94. The van der Waals surface area contributed by atoms with Crippen molar-refractivity contribution in [3.8, 4) is 17.1 Å². The van der Waals surface area contributed by atoms with Gasteiger partial charge in [-0.25, -0.2) is 0 Å². The summed E-state index contributed by atoms with van der Waals surface area (Å²) in [5.74, 6) is 1.33. The Morgan fingerprint density at radius 3 is 2.36 bits per heavy atom. The third kappa shape index (κ3) is 2.71. The Morgan fingerprint density at radius 1 is 1.00 bits per heavy atom. The van der Waals surface area contributed by atoms with Gasteiger partial charge < -0.3 is 4.74 Å². The zero-order chi connectivity index (χ0) is 14.9. The Bertz CT molecular complexity index is 630. The van der Waals surface area contributed by atoms with E-state index < -0.39 is 0 Å². The molecule has 0 saturated carbocycles. The number of aromatic nitrogens is 2. The third-order valence-electron chi connectivity index (χ3n) is 4.86. The Balaban J connectivity index is 1.46. The monoisotopic (exact) mass is 295 g/mol. The molecule has 2 bridgehead atoms. The van der Waals surface area contributed by atoms with Gasteiger partial charge in [-0.2, -0.15) is 0 Å². The fraction of sp³-hybridized carbons (Fsp3) is 0.444. The van der Waals surface area contributed by atoms with E-state index in [0.717, 1.165) is 17.8 Å². The lowest BCUT2D eigenvalue weighted by atomic mass is 9.86. The van der Waals surface area contributed by atoms with Gasteiger partial charge in [0, 0.05) is 18.2 Å². The van der Waals surface area contributed by atoms with Crippen LogP contribution in [0, 0.1) is 12.8 Å². The summed E-state index contributed by atoms with van der Waals surface area (Å²) < 4.78 is 6.08. The molecule has 0 amide bonds. The fourth-order valence-electron chi connectivity index (χ4n) is 3.46. The number of piperidine rings is 3. The minimum Gasteiger partial charge on any atom is -0.472 e. The quantitative estimate of drug-likeness (QED) is 0.872. The normalized spacial score (nSPS) is 26.9. The molecule has 1 aromatic carbocycles. The predicted octanol–water partition coefficient (Wildman–Crippen LogP) is 2.93. The van der Waals surface area contributed by atoms with E-state index in [1.165, 1.54) is 31.5 Å². The lowest BCUT2D eigenvalue weighted by Crippen LogP contribution is -2.52. The van der Waals surface area contributed by atoms with Crippen LogP contribution in [0.4, 0.5) is 0 Å². The highest BCUT2D eigenvalue weighted by molar-refractivity contribution is 5.58. The van der Waals surface area contributed by atoms with Crippen LogP contribution in [0.1, 0.15) is 18.4 Å². The predicted molar refractivity (Wildman–Crippen MR) is 85.8 cm³/mol.